The second-order valence-corrected chi connectivity index (χ2v) is 7.28. The summed E-state index contributed by atoms with van der Waals surface area (Å²) in [5.74, 6) is 0. The summed E-state index contributed by atoms with van der Waals surface area (Å²) >= 11 is 0. The Bertz CT molecular complexity index is 508. The molecule has 1 heterocycles. The minimum atomic E-state index is -0.443. The van der Waals surface area contributed by atoms with Crippen LogP contribution in [-0.2, 0) is 11.2 Å². The summed E-state index contributed by atoms with van der Waals surface area (Å²) in [7, 11) is 0. The van der Waals surface area contributed by atoms with Gasteiger partial charge in [-0.15, -0.1) is 0 Å². The largest absolute Gasteiger partial charge is 0.444 e. The minimum absolute atomic E-state index is 0.196. The van der Waals surface area contributed by atoms with Gasteiger partial charge >= 0.3 is 6.09 Å². The van der Waals surface area contributed by atoms with Gasteiger partial charge < -0.3 is 20.7 Å². The van der Waals surface area contributed by atoms with Gasteiger partial charge in [0.05, 0.1) is 0 Å². The fourth-order valence-corrected chi connectivity index (χ4v) is 2.82. The van der Waals surface area contributed by atoms with Crippen LogP contribution in [0.15, 0.2) is 24.3 Å². The molecule has 2 rings (SSSR count). The number of anilines is 1. The molecule has 1 unspecified atom stereocenters. The van der Waals surface area contributed by atoms with Crippen LogP contribution in [0.5, 0.6) is 0 Å². The number of hydrogen-bond acceptors (Lipinski definition) is 4. The summed E-state index contributed by atoms with van der Waals surface area (Å²) in [4.78, 5) is 14.2. The lowest BCUT2D eigenvalue weighted by Crippen LogP contribution is -2.40. The van der Waals surface area contributed by atoms with Crippen molar-refractivity contribution in [3.8, 4) is 0 Å². The molecule has 5 heteroatoms. The number of rotatable bonds is 5. The molecule has 5 nitrogen and oxygen atoms in total. The van der Waals surface area contributed by atoms with Crippen LogP contribution in [0.3, 0.4) is 0 Å². The molecule has 1 aliphatic rings. The Morgan fingerprint density at radius 2 is 2.04 bits per heavy atom. The molecule has 1 aromatic rings. The molecule has 1 saturated heterocycles. The third-order valence-corrected chi connectivity index (χ3v) is 3.91. The van der Waals surface area contributed by atoms with Crippen LogP contribution in [0.4, 0.5) is 10.5 Å². The smallest absolute Gasteiger partial charge is 0.407 e. The van der Waals surface area contributed by atoms with Gasteiger partial charge in [0, 0.05) is 24.8 Å². The summed E-state index contributed by atoms with van der Waals surface area (Å²) in [6, 6.07) is 8.28. The lowest BCUT2D eigenvalue weighted by atomic mass is 10.1. The maximum Gasteiger partial charge on any atom is 0.407 e. The predicted octanol–water partition coefficient (Wildman–Crippen LogP) is 2.80. The van der Waals surface area contributed by atoms with Crippen molar-refractivity contribution in [1.82, 2.24) is 10.2 Å². The molecular weight excluding hydrogens is 290 g/mol. The van der Waals surface area contributed by atoms with Gasteiger partial charge in [-0.2, -0.15) is 0 Å². The highest BCUT2D eigenvalue weighted by molar-refractivity contribution is 5.68. The highest BCUT2D eigenvalue weighted by atomic mass is 16.6. The normalized spacial score (nSPS) is 18.8. The van der Waals surface area contributed by atoms with Crippen molar-refractivity contribution < 1.29 is 9.53 Å². The lowest BCUT2D eigenvalue weighted by Gasteiger charge is -2.22. The second-order valence-electron chi connectivity index (χ2n) is 7.28. The van der Waals surface area contributed by atoms with E-state index in [0.717, 1.165) is 44.6 Å². The van der Waals surface area contributed by atoms with Crippen LogP contribution in [0.2, 0.25) is 0 Å². The van der Waals surface area contributed by atoms with Gasteiger partial charge in [0.15, 0.2) is 0 Å². The number of hydrogen-bond donors (Lipinski definition) is 2. The average Bonchev–Trinajstić information content (AvgIpc) is 2.86. The van der Waals surface area contributed by atoms with E-state index in [4.69, 9.17) is 10.5 Å². The molecule has 1 atom stereocenters. The van der Waals surface area contributed by atoms with Crippen molar-refractivity contribution in [3.63, 3.8) is 0 Å². The molecule has 0 bridgehead atoms. The van der Waals surface area contributed by atoms with E-state index >= 15 is 0 Å². The first-order chi connectivity index (χ1) is 10.8. The quantitative estimate of drug-likeness (QED) is 0.819. The third kappa shape index (κ3) is 6.48. The number of aryl methyl sites for hydroxylation is 1. The standard InChI is InChI=1S/C18H29N3O2/c1-18(2,3)23-17(22)20-16-10-12-21(13-16)11-4-5-14-6-8-15(19)9-7-14/h6-9,16H,4-5,10-13,19H2,1-3H3,(H,20,22). The highest BCUT2D eigenvalue weighted by Gasteiger charge is 2.25. The molecular formula is C18H29N3O2. The lowest BCUT2D eigenvalue weighted by molar-refractivity contribution is 0.0506. The van der Waals surface area contributed by atoms with E-state index < -0.39 is 5.60 Å². The second kappa shape index (κ2) is 7.68. The number of likely N-dealkylation sites (tertiary alicyclic amines) is 1. The SMILES string of the molecule is CC(C)(C)OC(=O)NC1CCN(CCCc2ccc(N)cc2)C1. The van der Waals surface area contributed by atoms with Gasteiger partial charge in [-0.05, 0) is 64.3 Å². The van der Waals surface area contributed by atoms with Gasteiger partial charge in [-0.3, -0.25) is 0 Å². The van der Waals surface area contributed by atoms with Crippen LogP contribution in [0, 0.1) is 0 Å². The highest BCUT2D eigenvalue weighted by Crippen LogP contribution is 2.13. The topological polar surface area (TPSA) is 67.6 Å². The monoisotopic (exact) mass is 319 g/mol. The molecule has 0 aliphatic carbocycles. The Morgan fingerprint density at radius 3 is 2.70 bits per heavy atom. The number of amides is 1. The zero-order chi connectivity index (χ0) is 16.9. The van der Waals surface area contributed by atoms with E-state index in [2.05, 4.69) is 22.3 Å². The van der Waals surface area contributed by atoms with Crippen LogP contribution in [0.1, 0.15) is 39.2 Å². The number of alkyl carbamates (subject to hydrolysis) is 1. The number of carbonyl (C=O) groups is 1. The number of ether oxygens (including phenoxy) is 1. The number of benzene rings is 1. The Kier molecular flexibility index (Phi) is 5.88. The number of nitrogens with zero attached hydrogens (tertiary/aromatic N) is 1. The number of carbonyl (C=O) groups excluding carboxylic acids is 1. The Morgan fingerprint density at radius 1 is 1.35 bits per heavy atom. The molecule has 1 aliphatic heterocycles. The van der Waals surface area contributed by atoms with Gasteiger partial charge in [-0.25, -0.2) is 4.79 Å². The van der Waals surface area contributed by atoms with E-state index in [-0.39, 0.29) is 12.1 Å². The Labute approximate surface area is 139 Å². The fourth-order valence-electron chi connectivity index (χ4n) is 2.82. The van der Waals surface area contributed by atoms with Gasteiger partial charge in [0.25, 0.3) is 0 Å². The summed E-state index contributed by atoms with van der Waals surface area (Å²) in [5, 5.41) is 2.96. The van der Waals surface area contributed by atoms with Crippen LogP contribution in [-0.4, -0.2) is 42.3 Å². The van der Waals surface area contributed by atoms with Crippen molar-refractivity contribution >= 4 is 11.8 Å². The van der Waals surface area contributed by atoms with Crippen molar-refractivity contribution in [3.05, 3.63) is 29.8 Å². The number of nitrogens with two attached hydrogens (primary N) is 1. The maximum absolute atomic E-state index is 11.8. The molecule has 1 aromatic carbocycles. The fraction of sp³-hybridized carbons (Fsp3) is 0.611. The molecule has 0 radical (unpaired) electrons. The van der Waals surface area contributed by atoms with Crippen molar-refractivity contribution in [1.29, 1.82) is 0 Å². The molecule has 0 aromatic heterocycles. The summed E-state index contributed by atoms with van der Waals surface area (Å²) in [5.41, 5.74) is 7.38. The number of nitrogens with one attached hydrogen (secondary N) is 1. The summed E-state index contributed by atoms with van der Waals surface area (Å²) < 4.78 is 5.30. The number of nitrogen functional groups attached to an aromatic ring is 1. The van der Waals surface area contributed by atoms with E-state index in [9.17, 15) is 4.79 Å². The van der Waals surface area contributed by atoms with Crippen molar-refractivity contribution in [2.45, 2.75) is 51.7 Å². The van der Waals surface area contributed by atoms with E-state index in [0.29, 0.717) is 0 Å². The summed E-state index contributed by atoms with van der Waals surface area (Å²) in [6.45, 7) is 8.63. The van der Waals surface area contributed by atoms with Crippen LogP contribution >= 0.6 is 0 Å². The predicted molar refractivity (Wildman–Crippen MR) is 93.4 cm³/mol. The third-order valence-electron chi connectivity index (χ3n) is 3.91. The molecule has 23 heavy (non-hydrogen) atoms. The molecule has 3 N–H and O–H groups in total. The Hall–Kier alpha value is -1.75. The van der Waals surface area contributed by atoms with Gasteiger partial charge in [0.1, 0.15) is 5.60 Å². The zero-order valence-corrected chi connectivity index (χ0v) is 14.5. The van der Waals surface area contributed by atoms with E-state index in [1.54, 1.807) is 0 Å². The first-order valence-electron chi connectivity index (χ1n) is 8.38. The first kappa shape index (κ1) is 17.6. The van der Waals surface area contributed by atoms with E-state index in [1.165, 1.54) is 5.56 Å². The first-order valence-corrected chi connectivity index (χ1v) is 8.38. The van der Waals surface area contributed by atoms with Crippen LogP contribution in [0.25, 0.3) is 0 Å². The van der Waals surface area contributed by atoms with E-state index in [1.807, 2.05) is 32.9 Å². The zero-order valence-electron chi connectivity index (χ0n) is 14.5. The molecule has 1 amide bonds. The Balaban J connectivity index is 1.65. The molecule has 128 valence electrons. The summed E-state index contributed by atoms with van der Waals surface area (Å²) in [6.07, 6.45) is 2.84. The van der Waals surface area contributed by atoms with Gasteiger partial charge in [0.2, 0.25) is 0 Å². The van der Waals surface area contributed by atoms with Gasteiger partial charge in [-0.1, -0.05) is 12.1 Å². The molecule has 0 saturated carbocycles. The van der Waals surface area contributed by atoms with Crippen molar-refractivity contribution in [2.24, 2.45) is 0 Å². The average molecular weight is 319 g/mol. The minimum Gasteiger partial charge on any atom is -0.444 e. The molecule has 0 spiro atoms. The maximum atomic E-state index is 11.8. The molecule has 1 fully saturated rings. The van der Waals surface area contributed by atoms with Crippen LogP contribution < -0.4 is 11.1 Å². The van der Waals surface area contributed by atoms with Crippen molar-refractivity contribution in [2.75, 3.05) is 25.4 Å².